The van der Waals surface area contributed by atoms with Crippen LogP contribution in [0, 0.1) is 0 Å². The van der Waals surface area contributed by atoms with Crippen LogP contribution < -0.4 is 0 Å². The van der Waals surface area contributed by atoms with Crippen molar-refractivity contribution in [2.45, 2.75) is 6.04 Å². The molecule has 0 aromatic carbocycles. The van der Waals surface area contributed by atoms with Crippen molar-refractivity contribution in [1.82, 2.24) is 0 Å². The molecule has 64 valence electrons. The summed E-state index contributed by atoms with van der Waals surface area (Å²) in [6.45, 7) is -0.680. The molecule has 0 aliphatic heterocycles. The average molecular weight is 181 g/mol. The van der Waals surface area contributed by atoms with Crippen LogP contribution in [0.1, 0.15) is 0 Å². The molecule has 0 bridgehead atoms. The molecule has 0 spiro atoms. The van der Waals surface area contributed by atoms with Gasteiger partial charge in [0, 0.05) is 0 Å². The van der Waals surface area contributed by atoms with Gasteiger partial charge in [-0.3, -0.25) is 0 Å². The molecular weight excluding hydrogens is 174 g/mol. The molecular formula is C4H7NO5S. The van der Waals surface area contributed by atoms with Gasteiger partial charge in [-0.1, -0.05) is 0 Å². The van der Waals surface area contributed by atoms with Crippen molar-refractivity contribution in [3.63, 3.8) is 0 Å². The maximum Gasteiger partial charge on any atom is 0.334 e. The number of nitrogens with zero attached hydrogens (tertiary/aromatic N) is 1. The van der Waals surface area contributed by atoms with Gasteiger partial charge in [0.25, 0.3) is 0 Å². The van der Waals surface area contributed by atoms with Crippen molar-refractivity contribution in [3.05, 3.63) is 0 Å². The molecule has 6 nitrogen and oxygen atoms in total. The van der Waals surface area contributed by atoms with E-state index in [4.69, 9.17) is 5.11 Å². The summed E-state index contributed by atoms with van der Waals surface area (Å²) in [5, 5.41) is 8.41. The molecule has 0 aliphatic carbocycles. The number of aliphatic hydroxyl groups is 1. The van der Waals surface area contributed by atoms with Gasteiger partial charge < -0.3 is 9.84 Å². The predicted octanol–water partition coefficient (Wildman–Crippen LogP) is -1.42. The van der Waals surface area contributed by atoms with E-state index in [-0.39, 0.29) is 0 Å². The molecule has 0 saturated carbocycles. The molecule has 0 fully saturated rings. The van der Waals surface area contributed by atoms with E-state index < -0.39 is 29.1 Å². The van der Waals surface area contributed by atoms with E-state index >= 15 is 0 Å². The lowest BCUT2D eigenvalue weighted by molar-refractivity contribution is -0.142. The van der Waals surface area contributed by atoms with Crippen LogP contribution in [0.4, 0.5) is 0 Å². The Labute approximate surface area is 64.5 Å². The molecule has 0 radical (unpaired) electrons. The van der Waals surface area contributed by atoms with Crippen molar-refractivity contribution >= 4 is 16.5 Å². The standard InChI is InChI=1S/C4H7NO5S/c1-10-4(7)3(2-6)5-11(8)9/h3,6H,2H2,1H3/t3-/m1/s1. The molecule has 0 amide bonds. The first-order chi connectivity index (χ1) is 5.11. The van der Waals surface area contributed by atoms with Crippen molar-refractivity contribution in [2.24, 2.45) is 4.36 Å². The average Bonchev–Trinajstić information content (AvgIpc) is 1.98. The second-order valence-corrected chi connectivity index (χ2v) is 2.19. The smallest absolute Gasteiger partial charge is 0.334 e. The summed E-state index contributed by atoms with van der Waals surface area (Å²) in [6, 6.07) is -1.33. The lowest BCUT2D eigenvalue weighted by atomic mass is 10.3. The number of hydrogen-bond acceptors (Lipinski definition) is 6. The van der Waals surface area contributed by atoms with Crippen LogP contribution in [0.2, 0.25) is 0 Å². The number of esters is 1. The molecule has 0 saturated heterocycles. The fourth-order valence-electron chi connectivity index (χ4n) is 0.391. The van der Waals surface area contributed by atoms with Gasteiger partial charge in [0.2, 0.25) is 0 Å². The van der Waals surface area contributed by atoms with Gasteiger partial charge >= 0.3 is 16.5 Å². The Kier molecular flexibility index (Phi) is 4.39. The van der Waals surface area contributed by atoms with Gasteiger partial charge in [-0.25, -0.2) is 4.79 Å². The Morgan fingerprint density at radius 3 is 2.55 bits per heavy atom. The quantitative estimate of drug-likeness (QED) is 0.539. The second-order valence-electron chi connectivity index (χ2n) is 1.54. The van der Waals surface area contributed by atoms with E-state index in [1.807, 2.05) is 0 Å². The zero-order chi connectivity index (χ0) is 8.85. The first-order valence-corrected chi connectivity index (χ1v) is 3.64. The molecule has 1 atom stereocenters. The summed E-state index contributed by atoms with van der Waals surface area (Å²) in [6.07, 6.45) is 0. The highest BCUT2D eigenvalue weighted by Gasteiger charge is 2.16. The second kappa shape index (κ2) is 4.80. The fourth-order valence-corrected chi connectivity index (χ4v) is 0.751. The van der Waals surface area contributed by atoms with Crippen LogP contribution in [0.25, 0.3) is 0 Å². The van der Waals surface area contributed by atoms with Gasteiger partial charge in [-0.2, -0.15) is 12.8 Å². The Morgan fingerprint density at radius 1 is 1.73 bits per heavy atom. The third kappa shape index (κ3) is 3.68. The van der Waals surface area contributed by atoms with Gasteiger partial charge in [0.05, 0.1) is 13.7 Å². The third-order valence-corrected chi connectivity index (χ3v) is 1.29. The highest BCUT2D eigenvalue weighted by molar-refractivity contribution is 7.61. The van der Waals surface area contributed by atoms with E-state index in [0.29, 0.717) is 0 Å². The van der Waals surface area contributed by atoms with Crippen LogP contribution in [0.3, 0.4) is 0 Å². The topological polar surface area (TPSA) is 93.0 Å². The lowest BCUT2D eigenvalue weighted by Crippen LogP contribution is -2.23. The van der Waals surface area contributed by atoms with Crippen LogP contribution in [-0.2, 0) is 20.0 Å². The number of aliphatic hydroxyl groups excluding tert-OH is 1. The number of methoxy groups -OCH3 is 1. The molecule has 11 heavy (non-hydrogen) atoms. The normalized spacial score (nSPS) is 11.8. The maximum absolute atomic E-state index is 10.5. The molecule has 0 heterocycles. The summed E-state index contributed by atoms with van der Waals surface area (Å²) in [5.41, 5.74) is 0. The minimum atomic E-state index is -2.70. The van der Waals surface area contributed by atoms with Gasteiger partial charge in [0.15, 0.2) is 6.04 Å². The van der Waals surface area contributed by atoms with Crippen LogP contribution >= 0.6 is 0 Å². The zero-order valence-electron chi connectivity index (χ0n) is 5.72. The Bertz CT molecular complexity index is 248. The lowest BCUT2D eigenvalue weighted by Gasteiger charge is -2.01. The molecule has 0 aliphatic rings. The molecule has 7 heteroatoms. The summed E-state index contributed by atoms with van der Waals surface area (Å²) in [4.78, 5) is 10.5. The molecule has 0 rings (SSSR count). The summed E-state index contributed by atoms with van der Waals surface area (Å²) < 4.78 is 26.8. The Hall–Kier alpha value is -0.950. The van der Waals surface area contributed by atoms with Crippen molar-refractivity contribution in [3.8, 4) is 0 Å². The van der Waals surface area contributed by atoms with E-state index in [1.165, 1.54) is 0 Å². The van der Waals surface area contributed by atoms with Crippen LogP contribution in [0.5, 0.6) is 0 Å². The first-order valence-electron chi connectivity index (χ1n) is 2.60. The van der Waals surface area contributed by atoms with Crippen LogP contribution in [-0.4, -0.2) is 39.3 Å². The number of carbonyl (C=O) groups excluding carboxylic acids is 1. The fraction of sp³-hybridized carbons (Fsp3) is 0.750. The van der Waals surface area contributed by atoms with Gasteiger partial charge in [0.1, 0.15) is 0 Å². The minimum absolute atomic E-state index is 0.680. The summed E-state index contributed by atoms with van der Waals surface area (Å²) in [5.74, 6) is -0.878. The maximum atomic E-state index is 10.5. The molecule has 0 aromatic rings. The Balaban J connectivity index is 4.42. The largest absolute Gasteiger partial charge is 0.467 e. The van der Waals surface area contributed by atoms with E-state index in [2.05, 4.69) is 9.10 Å². The molecule has 1 N–H and O–H groups in total. The molecule has 0 unspecified atom stereocenters. The van der Waals surface area contributed by atoms with Gasteiger partial charge in [-0.15, -0.1) is 0 Å². The highest BCUT2D eigenvalue weighted by atomic mass is 32.2. The Morgan fingerprint density at radius 2 is 2.27 bits per heavy atom. The van der Waals surface area contributed by atoms with Crippen molar-refractivity contribution in [1.29, 1.82) is 0 Å². The predicted molar refractivity (Wildman–Crippen MR) is 34.2 cm³/mol. The monoisotopic (exact) mass is 181 g/mol. The number of rotatable bonds is 3. The van der Waals surface area contributed by atoms with Crippen LogP contribution in [0.15, 0.2) is 4.36 Å². The van der Waals surface area contributed by atoms with E-state index in [9.17, 15) is 13.2 Å². The minimum Gasteiger partial charge on any atom is -0.467 e. The van der Waals surface area contributed by atoms with E-state index in [0.717, 1.165) is 7.11 Å². The number of ether oxygens (including phenoxy) is 1. The first kappa shape index (κ1) is 10.0. The third-order valence-electron chi connectivity index (χ3n) is 0.860. The summed E-state index contributed by atoms with van der Waals surface area (Å²) >= 11 is 0. The van der Waals surface area contributed by atoms with Crippen molar-refractivity contribution in [2.75, 3.05) is 13.7 Å². The highest BCUT2D eigenvalue weighted by Crippen LogP contribution is 1.91. The number of hydrogen-bond donors (Lipinski definition) is 1. The molecule has 0 aromatic heterocycles. The number of carbonyl (C=O) groups is 1. The zero-order valence-corrected chi connectivity index (χ0v) is 6.54. The van der Waals surface area contributed by atoms with Crippen molar-refractivity contribution < 1.29 is 23.1 Å². The van der Waals surface area contributed by atoms with E-state index in [1.54, 1.807) is 0 Å². The SMILES string of the molecule is COC(=O)[C@@H](CO)N=S(=O)=O. The van der Waals surface area contributed by atoms with Gasteiger partial charge in [-0.05, 0) is 0 Å². The summed E-state index contributed by atoms with van der Waals surface area (Å²) in [7, 11) is -1.63.